The summed E-state index contributed by atoms with van der Waals surface area (Å²) in [7, 11) is 0. The van der Waals surface area contributed by atoms with Crippen LogP contribution in [0.1, 0.15) is 32.6 Å². The van der Waals surface area contributed by atoms with Crippen molar-refractivity contribution in [2.75, 3.05) is 6.61 Å². The summed E-state index contributed by atoms with van der Waals surface area (Å²) in [5.41, 5.74) is 0. The van der Waals surface area contributed by atoms with Crippen LogP contribution >= 0.6 is 11.6 Å². The maximum atomic E-state index is 10.9. The number of hydrogen-bond donors (Lipinski definition) is 0. The fourth-order valence-electron chi connectivity index (χ4n) is 0.960. The summed E-state index contributed by atoms with van der Waals surface area (Å²) in [5, 5.41) is 0.0298. The average Bonchev–Trinajstić information content (AvgIpc) is 2.12. The number of unbranched alkanes of at least 4 members (excludes halogenated alkanes) is 1. The Morgan fingerprint density at radius 1 is 1.62 bits per heavy atom. The van der Waals surface area contributed by atoms with E-state index in [1.807, 2.05) is 6.92 Å². The van der Waals surface area contributed by atoms with E-state index in [2.05, 4.69) is 6.58 Å². The lowest BCUT2D eigenvalue weighted by atomic mass is 10.1. The van der Waals surface area contributed by atoms with Gasteiger partial charge >= 0.3 is 5.97 Å². The first-order valence-electron chi connectivity index (χ1n) is 4.63. The summed E-state index contributed by atoms with van der Waals surface area (Å²) in [5.74, 6) is -0.118. The highest BCUT2D eigenvalue weighted by atomic mass is 35.5. The molecule has 0 rings (SSSR count). The molecular formula is C10H17ClO2. The summed E-state index contributed by atoms with van der Waals surface area (Å²) in [6.07, 6.45) is 4.87. The smallest absolute Gasteiger partial charge is 0.305 e. The number of alkyl halides is 1. The van der Waals surface area contributed by atoms with E-state index >= 15 is 0 Å². The molecule has 0 aliphatic heterocycles. The molecule has 0 aromatic rings. The van der Waals surface area contributed by atoms with Gasteiger partial charge in [-0.1, -0.05) is 12.5 Å². The minimum Gasteiger partial charge on any atom is -0.466 e. The predicted molar refractivity (Wildman–Crippen MR) is 54.9 cm³/mol. The lowest BCUT2D eigenvalue weighted by Crippen LogP contribution is -2.03. The van der Waals surface area contributed by atoms with Gasteiger partial charge < -0.3 is 4.74 Å². The van der Waals surface area contributed by atoms with Crippen LogP contribution in [0.4, 0.5) is 0 Å². The molecule has 0 saturated heterocycles. The second-order valence-electron chi connectivity index (χ2n) is 2.80. The topological polar surface area (TPSA) is 26.3 Å². The molecule has 0 aromatic heterocycles. The average molecular weight is 205 g/mol. The molecule has 1 unspecified atom stereocenters. The van der Waals surface area contributed by atoms with Crippen molar-refractivity contribution in [2.24, 2.45) is 0 Å². The third kappa shape index (κ3) is 7.85. The van der Waals surface area contributed by atoms with Gasteiger partial charge in [-0.15, -0.1) is 18.2 Å². The standard InChI is InChI=1S/C10H17ClO2/c1-3-9(11)7-5-6-8-10(12)13-4-2/h3,9H,1,4-8H2,2H3. The monoisotopic (exact) mass is 204 g/mol. The van der Waals surface area contributed by atoms with Gasteiger partial charge in [0.2, 0.25) is 0 Å². The zero-order valence-corrected chi connectivity index (χ0v) is 8.85. The third-order valence-corrected chi connectivity index (χ3v) is 2.07. The van der Waals surface area contributed by atoms with Crippen LogP contribution in [0.15, 0.2) is 12.7 Å². The van der Waals surface area contributed by atoms with Crippen LogP contribution in [-0.4, -0.2) is 18.0 Å². The van der Waals surface area contributed by atoms with Crippen LogP contribution in [0.5, 0.6) is 0 Å². The van der Waals surface area contributed by atoms with Crippen molar-refractivity contribution in [3.8, 4) is 0 Å². The Morgan fingerprint density at radius 2 is 2.31 bits per heavy atom. The first-order chi connectivity index (χ1) is 6.20. The second kappa shape index (κ2) is 8.11. The molecule has 0 heterocycles. The van der Waals surface area contributed by atoms with Crippen LogP contribution in [0.3, 0.4) is 0 Å². The van der Waals surface area contributed by atoms with E-state index in [1.165, 1.54) is 0 Å². The van der Waals surface area contributed by atoms with E-state index in [4.69, 9.17) is 16.3 Å². The Morgan fingerprint density at radius 3 is 2.85 bits per heavy atom. The van der Waals surface area contributed by atoms with Crippen LogP contribution in [0.25, 0.3) is 0 Å². The number of carbonyl (C=O) groups is 1. The molecule has 0 bridgehead atoms. The molecule has 0 aromatic carbocycles. The highest BCUT2D eigenvalue weighted by Crippen LogP contribution is 2.09. The summed E-state index contributed by atoms with van der Waals surface area (Å²) in [4.78, 5) is 10.9. The lowest BCUT2D eigenvalue weighted by molar-refractivity contribution is -0.143. The molecule has 0 amide bonds. The van der Waals surface area contributed by atoms with Gasteiger partial charge in [-0.2, -0.15) is 0 Å². The lowest BCUT2D eigenvalue weighted by Gasteiger charge is -2.03. The Balaban J connectivity index is 3.25. The third-order valence-electron chi connectivity index (χ3n) is 1.67. The normalized spacial score (nSPS) is 12.2. The number of hydrogen-bond acceptors (Lipinski definition) is 2. The molecule has 0 aliphatic carbocycles. The first kappa shape index (κ1) is 12.5. The van der Waals surface area contributed by atoms with Crippen LogP contribution in [0.2, 0.25) is 0 Å². The Kier molecular flexibility index (Phi) is 7.80. The Bertz CT molecular complexity index is 157. The van der Waals surface area contributed by atoms with Gasteiger partial charge in [-0.25, -0.2) is 0 Å². The number of ether oxygens (including phenoxy) is 1. The molecule has 0 radical (unpaired) electrons. The van der Waals surface area contributed by atoms with Crippen molar-refractivity contribution in [1.29, 1.82) is 0 Å². The van der Waals surface area contributed by atoms with Crippen molar-refractivity contribution in [3.63, 3.8) is 0 Å². The summed E-state index contributed by atoms with van der Waals surface area (Å²) >= 11 is 5.81. The van der Waals surface area contributed by atoms with E-state index in [0.717, 1.165) is 19.3 Å². The Hall–Kier alpha value is -0.500. The molecule has 0 N–H and O–H groups in total. The highest BCUT2D eigenvalue weighted by Gasteiger charge is 2.02. The molecule has 0 saturated carbocycles. The molecule has 0 fully saturated rings. The predicted octanol–water partition coefficient (Wildman–Crippen LogP) is 2.90. The molecule has 0 aliphatic rings. The number of esters is 1. The van der Waals surface area contributed by atoms with Crippen LogP contribution < -0.4 is 0 Å². The number of rotatable bonds is 7. The number of halogens is 1. The zero-order valence-electron chi connectivity index (χ0n) is 8.09. The number of allylic oxidation sites excluding steroid dienone is 1. The van der Waals surface area contributed by atoms with E-state index in [1.54, 1.807) is 6.08 Å². The van der Waals surface area contributed by atoms with Gasteiger partial charge in [0.25, 0.3) is 0 Å². The van der Waals surface area contributed by atoms with Crippen LogP contribution in [-0.2, 0) is 9.53 Å². The van der Waals surface area contributed by atoms with E-state index in [9.17, 15) is 4.79 Å². The molecule has 3 heteroatoms. The summed E-state index contributed by atoms with van der Waals surface area (Å²) in [6.45, 7) is 5.85. The molecule has 0 spiro atoms. The van der Waals surface area contributed by atoms with Gasteiger partial charge in [-0.05, 0) is 19.8 Å². The Labute approximate surface area is 84.9 Å². The van der Waals surface area contributed by atoms with Crippen molar-refractivity contribution in [2.45, 2.75) is 38.0 Å². The van der Waals surface area contributed by atoms with Gasteiger partial charge in [0.05, 0.1) is 12.0 Å². The zero-order chi connectivity index (χ0) is 10.1. The van der Waals surface area contributed by atoms with Gasteiger partial charge in [0.15, 0.2) is 0 Å². The minimum absolute atomic E-state index is 0.0298. The molecular weight excluding hydrogens is 188 g/mol. The summed E-state index contributed by atoms with van der Waals surface area (Å²) < 4.78 is 4.78. The van der Waals surface area contributed by atoms with Crippen molar-refractivity contribution < 1.29 is 9.53 Å². The van der Waals surface area contributed by atoms with E-state index < -0.39 is 0 Å². The van der Waals surface area contributed by atoms with Gasteiger partial charge in [-0.3, -0.25) is 4.79 Å². The fourth-order valence-corrected chi connectivity index (χ4v) is 1.11. The summed E-state index contributed by atoms with van der Waals surface area (Å²) in [6, 6.07) is 0. The fraction of sp³-hybridized carbons (Fsp3) is 0.700. The maximum absolute atomic E-state index is 10.9. The van der Waals surface area contributed by atoms with E-state index in [-0.39, 0.29) is 11.3 Å². The quantitative estimate of drug-likeness (QED) is 0.276. The molecule has 1 atom stereocenters. The maximum Gasteiger partial charge on any atom is 0.305 e. The minimum atomic E-state index is -0.118. The van der Waals surface area contributed by atoms with Gasteiger partial charge in [0, 0.05) is 6.42 Å². The molecule has 2 nitrogen and oxygen atoms in total. The molecule has 13 heavy (non-hydrogen) atoms. The largest absolute Gasteiger partial charge is 0.466 e. The van der Waals surface area contributed by atoms with Crippen molar-refractivity contribution >= 4 is 17.6 Å². The van der Waals surface area contributed by atoms with Gasteiger partial charge in [0.1, 0.15) is 0 Å². The second-order valence-corrected chi connectivity index (χ2v) is 3.36. The number of carbonyl (C=O) groups excluding carboxylic acids is 1. The van der Waals surface area contributed by atoms with Crippen molar-refractivity contribution in [1.82, 2.24) is 0 Å². The SMILES string of the molecule is C=CC(Cl)CCCCC(=O)OCC. The first-order valence-corrected chi connectivity index (χ1v) is 5.06. The van der Waals surface area contributed by atoms with E-state index in [0.29, 0.717) is 13.0 Å². The highest BCUT2D eigenvalue weighted by molar-refractivity contribution is 6.21. The van der Waals surface area contributed by atoms with Crippen molar-refractivity contribution in [3.05, 3.63) is 12.7 Å². The van der Waals surface area contributed by atoms with Crippen LogP contribution in [0, 0.1) is 0 Å². The molecule has 76 valence electrons.